The summed E-state index contributed by atoms with van der Waals surface area (Å²) in [7, 11) is 0. The first-order chi connectivity index (χ1) is 13.5. The Bertz CT molecular complexity index is 1190. The molecule has 2 aromatic carbocycles. The number of furan rings is 1. The van der Waals surface area contributed by atoms with Gasteiger partial charge in [0.2, 0.25) is 0 Å². The van der Waals surface area contributed by atoms with Gasteiger partial charge in [0, 0.05) is 5.56 Å². The number of aromatic nitrogens is 2. The Kier molecular flexibility index (Phi) is 4.53. The largest absolute Gasteiger partial charge is 0.467 e. The fourth-order valence-electron chi connectivity index (χ4n) is 3.20. The zero-order valence-corrected chi connectivity index (χ0v) is 15.5. The van der Waals surface area contributed by atoms with E-state index in [9.17, 15) is 9.59 Å². The maximum absolute atomic E-state index is 12.9. The van der Waals surface area contributed by atoms with Gasteiger partial charge >= 0.3 is 0 Å². The van der Waals surface area contributed by atoms with Gasteiger partial charge < -0.3 is 9.73 Å². The number of nitrogens with zero attached hydrogens (tertiary/aromatic N) is 2. The number of nitrogens with one attached hydrogen (secondary N) is 1. The molecule has 0 radical (unpaired) electrons. The van der Waals surface area contributed by atoms with E-state index >= 15 is 0 Å². The predicted octanol–water partition coefficient (Wildman–Crippen LogP) is 3.78. The summed E-state index contributed by atoms with van der Waals surface area (Å²) < 4.78 is 6.86. The first-order valence-electron chi connectivity index (χ1n) is 8.97. The van der Waals surface area contributed by atoms with E-state index < -0.39 is 0 Å². The quantitative estimate of drug-likeness (QED) is 0.591. The molecule has 0 aliphatic rings. The molecule has 28 heavy (non-hydrogen) atoms. The summed E-state index contributed by atoms with van der Waals surface area (Å²) in [5.41, 5.74) is 1.70. The van der Waals surface area contributed by atoms with Crippen LogP contribution in [0.3, 0.4) is 0 Å². The van der Waals surface area contributed by atoms with Gasteiger partial charge in [-0.2, -0.15) is 0 Å². The average Bonchev–Trinajstić information content (AvgIpc) is 3.23. The molecule has 0 aliphatic heterocycles. The predicted molar refractivity (Wildman–Crippen MR) is 107 cm³/mol. The van der Waals surface area contributed by atoms with Crippen LogP contribution in [0.5, 0.6) is 0 Å². The summed E-state index contributed by atoms with van der Waals surface area (Å²) in [5.74, 6) is 1.07. The molecule has 0 saturated heterocycles. The molecule has 1 atom stereocenters. The number of hydrogen-bond donors (Lipinski definition) is 1. The summed E-state index contributed by atoms with van der Waals surface area (Å²) >= 11 is 0. The van der Waals surface area contributed by atoms with Gasteiger partial charge in [0.25, 0.3) is 11.5 Å². The number of rotatable bonds is 4. The molecule has 2 heterocycles. The van der Waals surface area contributed by atoms with Crippen LogP contribution >= 0.6 is 0 Å². The van der Waals surface area contributed by atoms with E-state index in [2.05, 4.69) is 10.3 Å². The fourth-order valence-corrected chi connectivity index (χ4v) is 3.20. The lowest BCUT2D eigenvalue weighted by Gasteiger charge is -2.13. The Hall–Kier alpha value is -3.67. The normalized spacial score (nSPS) is 12.1. The number of hydrogen-bond acceptors (Lipinski definition) is 4. The summed E-state index contributed by atoms with van der Waals surface area (Å²) in [5, 5.41) is 3.45. The standard InChI is InChI=1S/C22H19N3O3/c1-14(20-8-5-13-28-20)23-21(26)16-9-11-17(12-10-16)25-15(2)24-19-7-4-3-6-18(19)22(25)27/h3-14H,1-2H3,(H,23,26). The minimum atomic E-state index is -0.239. The van der Waals surface area contributed by atoms with Gasteiger partial charge in [-0.3, -0.25) is 14.2 Å². The van der Waals surface area contributed by atoms with Crippen molar-refractivity contribution in [3.05, 3.63) is 94.4 Å². The zero-order valence-electron chi connectivity index (χ0n) is 15.5. The van der Waals surface area contributed by atoms with Crippen molar-refractivity contribution in [2.75, 3.05) is 0 Å². The second-order valence-electron chi connectivity index (χ2n) is 6.57. The number of fused-ring (bicyclic) bond motifs is 1. The minimum Gasteiger partial charge on any atom is -0.467 e. The van der Waals surface area contributed by atoms with Gasteiger partial charge in [-0.05, 0) is 62.4 Å². The second kappa shape index (κ2) is 7.15. The number of benzene rings is 2. The third kappa shape index (κ3) is 3.20. The third-order valence-electron chi connectivity index (χ3n) is 4.65. The molecule has 6 nitrogen and oxygen atoms in total. The van der Waals surface area contributed by atoms with Crippen molar-refractivity contribution in [1.82, 2.24) is 14.9 Å². The number of amides is 1. The van der Waals surface area contributed by atoms with E-state index in [0.717, 1.165) is 0 Å². The van der Waals surface area contributed by atoms with Crippen LogP contribution in [0, 0.1) is 6.92 Å². The molecule has 4 rings (SSSR count). The lowest BCUT2D eigenvalue weighted by Crippen LogP contribution is -2.26. The second-order valence-corrected chi connectivity index (χ2v) is 6.57. The summed E-state index contributed by atoms with van der Waals surface area (Å²) in [4.78, 5) is 29.9. The van der Waals surface area contributed by atoms with E-state index in [1.54, 1.807) is 54.2 Å². The van der Waals surface area contributed by atoms with E-state index in [-0.39, 0.29) is 17.5 Å². The molecule has 0 saturated carbocycles. The lowest BCUT2D eigenvalue weighted by atomic mass is 10.1. The maximum Gasteiger partial charge on any atom is 0.265 e. The number of aryl methyl sites for hydroxylation is 1. The topological polar surface area (TPSA) is 77.1 Å². The van der Waals surface area contributed by atoms with Crippen LogP contribution in [-0.2, 0) is 0 Å². The molecule has 1 N–H and O–H groups in total. The molecular weight excluding hydrogens is 354 g/mol. The van der Waals surface area contributed by atoms with Crippen LogP contribution < -0.4 is 10.9 Å². The summed E-state index contributed by atoms with van der Waals surface area (Å²) in [6.07, 6.45) is 1.57. The molecule has 0 bridgehead atoms. The highest BCUT2D eigenvalue weighted by atomic mass is 16.3. The van der Waals surface area contributed by atoms with Gasteiger partial charge in [0.1, 0.15) is 11.6 Å². The van der Waals surface area contributed by atoms with Gasteiger partial charge in [-0.15, -0.1) is 0 Å². The zero-order chi connectivity index (χ0) is 19.7. The molecule has 6 heteroatoms. The maximum atomic E-state index is 12.9. The number of carbonyl (C=O) groups excluding carboxylic acids is 1. The average molecular weight is 373 g/mol. The smallest absolute Gasteiger partial charge is 0.265 e. The summed E-state index contributed by atoms with van der Waals surface area (Å²) in [6, 6.07) is 17.5. The van der Waals surface area contributed by atoms with Crippen molar-refractivity contribution < 1.29 is 9.21 Å². The molecule has 2 aromatic heterocycles. The minimum absolute atomic E-state index is 0.133. The van der Waals surface area contributed by atoms with Crippen molar-refractivity contribution >= 4 is 16.8 Å². The van der Waals surface area contributed by atoms with Crippen LogP contribution in [-0.4, -0.2) is 15.5 Å². The SMILES string of the molecule is Cc1nc2ccccc2c(=O)n1-c1ccc(C(=O)NC(C)c2ccco2)cc1. The molecule has 140 valence electrons. The number of para-hydroxylation sites is 1. The van der Waals surface area contributed by atoms with Crippen LogP contribution in [0.4, 0.5) is 0 Å². The number of carbonyl (C=O) groups is 1. The Morgan fingerprint density at radius 3 is 2.54 bits per heavy atom. The molecular formula is C22H19N3O3. The molecule has 1 amide bonds. The van der Waals surface area contributed by atoms with Crippen LogP contribution in [0.15, 0.2) is 76.1 Å². The highest BCUT2D eigenvalue weighted by Gasteiger charge is 2.14. The molecule has 0 fully saturated rings. The summed E-state index contributed by atoms with van der Waals surface area (Å²) in [6.45, 7) is 3.65. The third-order valence-corrected chi connectivity index (χ3v) is 4.65. The first-order valence-corrected chi connectivity index (χ1v) is 8.97. The fraction of sp³-hybridized carbons (Fsp3) is 0.136. The molecule has 0 aliphatic carbocycles. The van der Waals surface area contributed by atoms with Gasteiger partial charge in [-0.25, -0.2) is 4.98 Å². The van der Waals surface area contributed by atoms with E-state index in [1.807, 2.05) is 31.2 Å². The first kappa shape index (κ1) is 17.7. The Morgan fingerprint density at radius 2 is 1.82 bits per heavy atom. The molecule has 0 spiro atoms. The highest BCUT2D eigenvalue weighted by molar-refractivity contribution is 5.94. The van der Waals surface area contributed by atoms with Gasteiger partial charge in [0.15, 0.2) is 0 Å². The Morgan fingerprint density at radius 1 is 1.07 bits per heavy atom. The van der Waals surface area contributed by atoms with Crippen LogP contribution in [0.2, 0.25) is 0 Å². The highest BCUT2D eigenvalue weighted by Crippen LogP contribution is 2.16. The van der Waals surface area contributed by atoms with Crippen LogP contribution in [0.1, 0.15) is 34.9 Å². The monoisotopic (exact) mass is 373 g/mol. The van der Waals surface area contributed by atoms with Crippen molar-refractivity contribution in [2.45, 2.75) is 19.9 Å². The van der Waals surface area contributed by atoms with Crippen molar-refractivity contribution in [3.63, 3.8) is 0 Å². The van der Waals surface area contributed by atoms with Gasteiger partial charge in [-0.1, -0.05) is 12.1 Å². The van der Waals surface area contributed by atoms with Gasteiger partial charge in [0.05, 0.1) is 28.9 Å². The van der Waals surface area contributed by atoms with Crippen molar-refractivity contribution in [1.29, 1.82) is 0 Å². The lowest BCUT2D eigenvalue weighted by molar-refractivity contribution is 0.0935. The molecule has 1 unspecified atom stereocenters. The molecule has 4 aromatic rings. The Balaban J connectivity index is 1.63. The van der Waals surface area contributed by atoms with Crippen molar-refractivity contribution in [3.8, 4) is 5.69 Å². The van der Waals surface area contributed by atoms with Crippen LogP contribution in [0.25, 0.3) is 16.6 Å². The Labute approximate surface area is 161 Å². The van der Waals surface area contributed by atoms with E-state index in [0.29, 0.717) is 33.7 Å². The van der Waals surface area contributed by atoms with E-state index in [1.165, 1.54) is 0 Å². The van der Waals surface area contributed by atoms with E-state index in [4.69, 9.17) is 4.42 Å². The van der Waals surface area contributed by atoms with Crippen molar-refractivity contribution in [2.24, 2.45) is 0 Å².